The molecule has 1 saturated heterocycles. The lowest BCUT2D eigenvalue weighted by Gasteiger charge is -2.15. The van der Waals surface area contributed by atoms with Gasteiger partial charge in [-0.3, -0.25) is 0 Å². The van der Waals surface area contributed by atoms with Gasteiger partial charge in [-0.05, 0) is 38.3 Å². The third-order valence-corrected chi connectivity index (χ3v) is 4.35. The maximum atomic E-state index is 2.57. The predicted octanol–water partition coefficient (Wildman–Crippen LogP) is 4.97. The Kier molecular flexibility index (Phi) is 3.83. The molecule has 0 radical (unpaired) electrons. The molecule has 0 saturated carbocycles. The van der Waals surface area contributed by atoms with Gasteiger partial charge in [0.25, 0.3) is 0 Å². The van der Waals surface area contributed by atoms with Crippen molar-refractivity contribution in [3.63, 3.8) is 0 Å². The smallest absolute Gasteiger partial charge is 0.0734 e. The minimum Gasteiger partial charge on any atom is -0.358 e. The number of hydrogen-bond donors (Lipinski definition) is 0. The second kappa shape index (κ2) is 5.77. The highest BCUT2D eigenvalue weighted by Gasteiger charge is 2.44. The molecule has 1 fully saturated rings. The highest BCUT2D eigenvalue weighted by atomic mass is 15.3. The number of rotatable bonds is 4. The van der Waals surface area contributed by atoms with Gasteiger partial charge in [-0.25, -0.2) is 0 Å². The molecule has 1 aliphatic heterocycles. The molecule has 21 heavy (non-hydrogen) atoms. The molecule has 1 unspecified atom stereocenters. The van der Waals surface area contributed by atoms with Crippen LogP contribution in [-0.4, -0.2) is 10.9 Å². The summed E-state index contributed by atoms with van der Waals surface area (Å²) in [7, 11) is 0. The van der Waals surface area contributed by atoms with Gasteiger partial charge >= 0.3 is 0 Å². The number of hydrogen-bond acceptors (Lipinski definition) is 1. The molecule has 0 bridgehead atoms. The van der Waals surface area contributed by atoms with E-state index in [4.69, 9.17) is 0 Å². The predicted molar refractivity (Wildman–Crippen MR) is 89.0 cm³/mol. The van der Waals surface area contributed by atoms with Crippen molar-refractivity contribution in [2.75, 3.05) is 0 Å². The summed E-state index contributed by atoms with van der Waals surface area (Å²) in [6, 6.07) is 22.6. The van der Waals surface area contributed by atoms with Crippen molar-refractivity contribution >= 4 is 0 Å². The van der Waals surface area contributed by atoms with Gasteiger partial charge in [-0.1, -0.05) is 66.2 Å². The van der Waals surface area contributed by atoms with Crippen LogP contribution in [0.25, 0.3) is 0 Å². The molecule has 1 nitrogen and oxygen atoms in total. The first kappa shape index (κ1) is 13.9. The summed E-state index contributed by atoms with van der Waals surface area (Å²) in [6.45, 7) is 6.76. The summed E-state index contributed by atoms with van der Waals surface area (Å²) in [4.78, 5) is 2.57. The molecule has 0 aromatic heterocycles. The SMILES string of the molecule is CC(C)=C1C(Cc2ccccc2)N1[C@@H](C)c1ccccc1. The van der Waals surface area contributed by atoms with Gasteiger partial charge in [0.05, 0.1) is 12.1 Å². The Morgan fingerprint density at radius 1 is 0.952 bits per heavy atom. The summed E-state index contributed by atoms with van der Waals surface area (Å²) in [5.74, 6) is 0. The Labute approximate surface area is 127 Å². The minimum atomic E-state index is 0.449. The molecule has 0 N–H and O–H groups in total. The Morgan fingerprint density at radius 3 is 2.10 bits per heavy atom. The fraction of sp³-hybridized carbons (Fsp3) is 0.300. The van der Waals surface area contributed by atoms with Crippen molar-refractivity contribution in [1.82, 2.24) is 4.90 Å². The fourth-order valence-corrected chi connectivity index (χ4v) is 3.25. The van der Waals surface area contributed by atoms with Crippen LogP contribution in [0.2, 0.25) is 0 Å². The molecular weight excluding hydrogens is 254 g/mol. The number of allylic oxidation sites excluding steroid dienone is 1. The molecular formula is C20H23N. The molecule has 0 amide bonds. The molecule has 2 atom stereocenters. The van der Waals surface area contributed by atoms with Crippen LogP contribution in [0, 0.1) is 0 Å². The van der Waals surface area contributed by atoms with Crippen molar-refractivity contribution in [3.05, 3.63) is 83.1 Å². The zero-order valence-corrected chi connectivity index (χ0v) is 13.1. The summed E-state index contributed by atoms with van der Waals surface area (Å²) < 4.78 is 0. The largest absolute Gasteiger partial charge is 0.358 e. The summed E-state index contributed by atoms with van der Waals surface area (Å²) in [5.41, 5.74) is 5.78. The number of nitrogens with zero attached hydrogens (tertiary/aromatic N) is 1. The Balaban J connectivity index is 1.80. The molecule has 3 rings (SSSR count). The second-order valence-electron chi connectivity index (χ2n) is 6.08. The van der Waals surface area contributed by atoms with E-state index >= 15 is 0 Å². The molecule has 0 spiro atoms. The Bertz CT molecular complexity index is 623. The van der Waals surface area contributed by atoms with Crippen molar-refractivity contribution in [2.45, 2.75) is 39.3 Å². The first-order valence-electron chi connectivity index (χ1n) is 7.73. The van der Waals surface area contributed by atoms with E-state index in [2.05, 4.69) is 86.3 Å². The topological polar surface area (TPSA) is 3.01 Å². The Hall–Kier alpha value is -2.02. The highest BCUT2D eigenvalue weighted by Crippen LogP contribution is 2.45. The maximum absolute atomic E-state index is 2.57. The average molecular weight is 277 g/mol. The third-order valence-electron chi connectivity index (χ3n) is 4.35. The van der Waals surface area contributed by atoms with Crippen LogP contribution in [0.5, 0.6) is 0 Å². The molecule has 1 heteroatoms. The van der Waals surface area contributed by atoms with Crippen molar-refractivity contribution in [1.29, 1.82) is 0 Å². The van der Waals surface area contributed by atoms with E-state index < -0.39 is 0 Å². The molecule has 1 aliphatic rings. The molecule has 108 valence electrons. The van der Waals surface area contributed by atoms with E-state index in [1.807, 2.05) is 0 Å². The summed E-state index contributed by atoms with van der Waals surface area (Å²) >= 11 is 0. The van der Waals surface area contributed by atoms with Crippen LogP contribution in [0.4, 0.5) is 0 Å². The van der Waals surface area contributed by atoms with Crippen LogP contribution in [0.3, 0.4) is 0 Å². The first-order chi connectivity index (χ1) is 10.2. The van der Waals surface area contributed by atoms with Crippen LogP contribution in [0.15, 0.2) is 71.9 Å². The zero-order valence-electron chi connectivity index (χ0n) is 13.1. The molecule has 2 aromatic carbocycles. The number of benzene rings is 2. The van der Waals surface area contributed by atoms with Gasteiger partial charge in [0, 0.05) is 5.70 Å². The van der Waals surface area contributed by atoms with E-state index in [0.717, 1.165) is 6.42 Å². The lowest BCUT2D eigenvalue weighted by molar-refractivity contribution is 0.415. The monoisotopic (exact) mass is 277 g/mol. The van der Waals surface area contributed by atoms with E-state index in [9.17, 15) is 0 Å². The van der Waals surface area contributed by atoms with Crippen LogP contribution < -0.4 is 0 Å². The first-order valence-corrected chi connectivity index (χ1v) is 7.73. The van der Waals surface area contributed by atoms with Gasteiger partial charge in [0.1, 0.15) is 0 Å². The normalized spacial score (nSPS) is 18.5. The fourth-order valence-electron chi connectivity index (χ4n) is 3.25. The van der Waals surface area contributed by atoms with Gasteiger partial charge in [0.15, 0.2) is 0 Å². The minimum absolute atomic E-state index is 0.449. The van der Waals surface area contributed by atoms with Crippen LogP contribution >= 0.6 is 0 Å². The average Bonchev–Trinajstić information content (AvgIpc) is 3.22. The third kappa shape index (κ3) is 2.87. The molecule has 2 aromatic rings. The Morgan fingerprint density at radius 2 is 1.52 bits per heavy atom. The standard InChI is InChI=1S/C20H23N/c1-15(2)20-19(14-17-10-6-4-7-11-17)21(20)16(3)18-12-8-5-9-13-18/h4-13,16,19H,14H2,1-3H3/t16-,19?,21?/m0/s1. The van der Waals surface area contributed by atoms with Crippen molar-refractivity contribution in [3.8, 4) is 0 Å². The summed E-state index contributed by atoms with van der Waals surface area (Å²) in [6.07, 6.45) is 1.11. The molecule has 1 heterocycles. The quantitative estimate of drug-likeness (QED) is 0.713. The molecule has 0 aliphatic carbocycles. The van der Waals surface area contributed by atoms with E-state index in [0.29, 0.717) is 12.1 Å². The highest BCUT2D eigenvalue weighted by molar-refractivity contribution is 5.37. The van der Waals surface area contributed by atoms with E-state index in [1.165, 1.54) is 22.4 Å². The van der Waals surface area contributed by atoms with Crippen LogP contribution in [0.1, 0.15) is 37.9 Å². The zero-order chi connectivity index (χ0) is 14.8. The van der Waals surface area contributed by atoms with Gasteiger partial charge in [-0.15, -0.1) is 0 Å². The summed E-state index contributed by atoms with van der Waals surface area (Å²) in [5, 5.41) is 0. The van der Waals surface area contributed by atoms with Crippen LogP contribution in [-0.2, 0) is 6.42 Å². The van der Waals surface area contributed by atoms with Crippen molar-refractivity contribution < 1.29 is 0 Å². The van der Waals surface area contributed by atoms with Crippen molar-refractivity contribution in [2.24, 2.45) is 0 Å². The lowest BCUT2D eigenvalue weighted by atomic mass is 10.1. The van der Waals surface area contributed by atoms with E-state index in [-0.39, 0.29) is 0 Å². The van der Waals surface area contributed by atoms with Gasteiger partial charge in [-0.2, -0.15) is 0 Å². The van der Waals surface area contributed by atoms with Gasteiger partial charge in [0.2, 0.25) is 0 Å². The van der Waals surface area contributed by atoms with E-state index in [1.54, 1.807) is 0 Å². The maximum Gasteiger partial charge on any atom is 0.0734 e. The second-order valence-corrected chi connectivity index (χ2v) is 6.08. The lowest BCUT2D eigenvalue weighted by Crippen LogP contribution is -2.10. The van der Waals surface area contributed by atoms with Gasteiger partial charge < -0.3 is 4.90 Å².